The Morgan fingerprint density at radius 3 is 1.61 bits per heavy atom. The van der Waals surface area contributed by atoms with Crippen LogP contribution >= 0.6 is 11.8 Å². The Morgan fingerprint density at radius 2 is 1.08 bits per heavy atom. The first kappa shape index (κ1) is 35.4. The number of benzene rings is 5. The molecule has 260 valence electrons. The van der Waals surface area contributed by atoms with Gasteiger partial charge in [-0.05, 0) is 66.2 Å². The molecular formula is C41H36O9S. The molecule has 0 spiro atoms. The highest BCUT2D eigenvalue weighted by Gasteiger charge is 2.52. The molecule has 10 heteroatoms. The van der Waals surface area contributed by atoms with Crippen molar-refractivity contribution in [3.63, 3.8) is 0 Å². The Hall–Kier alpha value is -5.42. The zero-order valence-electron chi connectivity index (χ0n) is 27.7. The number of rotatable bonds is 13. The SMILES string of the molecule is COc1ccc(S[C@H]2OC(COC(=O)c3ccccc3)[C@@H](OC(=O)c3ccccc3)C(OC(=O)c3ccccc3)C2OCc2ccccc2)cc1. The fraction of sp³-hybridized carbons (Fsp3) is 0.195. The Morgan fingerprint density at radius 1 is 0.588 bits per heavy atom. The topological polar surface area (TPSA) is 107 Å². The minimum absolute atomic E-state index is 0.140. The molecule has 0 aromatic heterocycles. The smallest absolute Gasteiger partial charge is 0.338 e. The summed E-state index contributed by atoms with van der Waals surface area (Å²) in [6, 6.07) is 42.4. The van der Waals surface area contributed by atoms with E-state index in [1.807, 2.05) is 54.6 Å². The van der Waals surface area contributed by atoms with Gasteiger partial charge in [-0.15, -0.1) is 0 Å². The number of carbonyl (C=O) groups is 3. The molecule has 5 aromatic rings. The largest absolute Gasteiger partial charge is 0.497 e. The first-order chi connectivity index (χ1) is 25.0. The van der Waals surface area contributed by atoms with Crippen molar-refractivity contribution in [1.29, 1.82) is 0 Å². The lowest BCUT2D eigenvalue weighted by Crippen LogP contribution is -2.61. The Balaban J connectivity index is 1.39. The minimum atomic E-state index is -1.25. The van der Waals surface area contributed by atoms with Crippen LogP contribution in [-0.4, -0.2) is 61.5 Å². The van der Waals surface area contributed by atoms with E-state index in [1.165, 1.54) is 11.8 Å². The van der Waals surface area contributed by atoms with E-state index in [2.05, 4.69) is 0 Å². The summed E-state index contributed by atoms with van der Waals surface area (Å²) in [5.41, 5.74) is 0.970. The Labute approximate surface area is 300 Å². The van der Waals surface area contributed by atoms with Gasteiger partial charge in [-0.25, -0.2) is 14.4 Å². The van der Waals surface area contributed by atoms with Gasteiger partial charge in [-0.2, -0.15) is 0 Å². The van der Waals surface area contributed by atoms with E-state index < -0.39 is 47.8 Å². The van der Waals surface area contributed by atoms with Crippen LogP contribution in [0.15, 0.2) is 150 Å². The summed E-state index contributed by atoms with van der Waals surface area (Å²) in [5, 5.41) is 0. The molecule has 0 bridgehead atoms. The van der Waals surface area contributed by atoms with Gasteiger partial charge in [0.15, 0.2) is 12.2 Å². The second kappa shape index (κ2) is 17.5. The monoisotopic (exact) mass is 704 g/mol. The van der Waals surface area contributed by atoms with E-state index in [0.29, 0.717) is 16.9 Å². The third-order valence-corrected chi connectivity index (χ3v) is 9.24. The summed E-state index contributed by atoms with van der Waals surface area (Å²) in [4.78, 5) is 41.4. The molecular weight excluding hydrogens is 669 g/mol. The van der Waals surface area contributed by atoms with Crippen LogP contribution in [0.25, 0.3) is 0 Å². The summed E-state index contributed by atoms with van der Waals surface area (Å²) >= 11 is 1.33. The molecule has 0 radical (unpaired) electrons. The summed E-state index contributed by atoms with van der Waals surface area (Å²) in [7, 11) is 1.59. The quantitative estimate of drug-likeness (QED) is 0.0909. The number of esters is 3. The lowest BCUT2D eigenvalue weighted by atomic mass is 9.98. The molecule has 0 aliphatic carbocycles. The number of hydrogen-bond acceptors (Lipinski definition) is 10. The van der Waals surface area contributed by atoms with Gasteiger partial charge in [0.25, 0.3) is 0 Å². The summed E-state index contributed by atoms with van der Waals surface area (Å²) < 4.78 is 36.7. The van der Waals surface area contributed by atoms with Crippen LogP contribution in [0.3, 0.4) is 0 Å². The number of thioether (sulfide) groups is 1. The molecule has 0 saturated carbocycles. The molecule has 1 heterocycles. The normalized spacial score (nSPS) is 19.7. The van der Waals surface area contributed by atoms with Crippen molar-refractivity contribution in [3.05, 3.63) is 168 Å². The van der Waals surface area contributed by atoms with Crippen LogP contribution in [0.1, 0.15) is 36.6 Å². The maximum atomic E-state index is 13.8. The number of hydrogen-bond donors (Lipinski definition) is 0. The van der Waals surface area contributed by atoms with Crippen LogP contribution in [0, 0.1) is 0 Å². The summed E-state index contributed by atoms with van der Waals surface area (Å²) in [5.74, 6) is -1.24. The van der Waals surface area contributed by atoms with Crippen molar-refractivity contribution in [1.82, 2.24) is 0 Å². The molecule has 1 fully saturated rings. The highest BCUT2D eigenvalue weighted by atomic mass is 32.2. The molecule has 1 aliphatic heterocycles. The fourth-order valence-corrected chi connectivity index (χ4v) is 6.59. The highest BCUT2D eigenvalue weighted by Crippen LogP contribution is 2.39. The first-order valence-electron chi connectivity index (χ1n) is 16.3. The third kappa shape index (κ3) is 9.43. The Bertz CT molecular complexity index is 1860. The molecule has 0 N–H and O–H groups in total. The zero-order chi connectivity index (χ0) is 35.4. The molecule has 5 atom stereocenters. The predicted octanol–water partition coefficient (Wildman–Crippen LogP) is 7.41. The van der Waals surface area contributed by atoms with Crippen molar-refractivity contribution in [2.75, 3.05) is 13.7 Å². The molecule has 1 aliphatic rings. The van der Waals surface area contributed by atoms with Gasteiger partial charge in [-0.1, -0.05) is 96.7 Å². The van der Waals surface area contributed by atoms with Gasteiger partial charge >= 0.3 is 17.9 Å². The van der Waals surface area contributed by atoms with E-state index in [4.69, 9.17) is 28.4 Å². The van der Waals surface area contributed by atoms with Gasteiger partial charge in [0, 0.05) is 4.90 Å². The summed E-state index contributed by atoms with van der Waals surface area (Å²) in [6.45, 7) is -0.175. The van der Waals surface area contributed by atoms with E-state index in [0.717, 1.165) is 10.5 Å². The predicted molar refractivity (Wildman–Crippen MR) is 191 cm³/mol. The van der Waals surface area contributed by atoms with Crippen molar-refractivity contribution < 1.29 is 42.8 Å². The average molecular weight is 705 g/mol. The lowest BCUT2D eigenvalue weighted by molar-refractivity contribution is -0.221. The van der Waals surface area contributed by atoms with Crippen LogP contribution < -0.4 is 4.74 Å². The summed E-state index contributed by atoms with van der Waals surface area (Å²) in [6.07, 6.45) is -4.47. The third-order valence-electron chi connectivity index (χ3n) is 8.08. The molecule has 6 rings (SSSR count). The molecule has 1 saturated heterocycles. The maximum absolute atomic E-state index is 13.8. The molecule has 51 heavy (non-hydrogen) atoms. The minimum Gasteiger partial charge on any atom is -0.497 e. The van der Waals surface area contributed by atoms with Crippen molar-refractivity contribution >= 4 is 29.7 Å². The standard InChI is InChI=1S/C41H36O9S/c1-45-32-22-24-33(25-23-32)51-41-37(46-26-28-14-6-2-7-15-28)36(50-40(44)31-20-12-5-13-21-31)35(49-39(43)30-18-10-4-11-19-30)34(48-41)27-47-38(42)29-16-8-3-9-17-29/h2-25,34-37,41H,26-27H2,1H3/t34?,35-,36?,37?,41-/m1/s1. The van der Waals surface area contributed by atoms with Crippen LogP contribution in [-0.2, 0) is 30.3 Å². The van der Waals surface area contributed by atoms with E-state index in [9.17, 15) is 14.4 Å². The molecule has 0 amide bonds. The van der Waals surface area contributed by atoms with Crippen LogP contribution in [0.5, 0.6) is 5.75 Å². The van der Waals surface area contributed by atoms with E-state index >= 15 is 0 Å². The lowest BCUT2D eigenvalue weighted by Gasteiger charge is -2.45. The van der Waals surface area contributed by atoms with Gasteiger partial charge in [0.1, 0.15) is 30.0 Å². The number of carbonyl (C=O) groups excluding carboxylic acids is 3. The zero-order valence-corrected chi connectivity index (χ0v) is 28.6. The number of methoxy groups -OCH3 is 1. The molecule has 3 unspecified atom stereocenters. The van der Waals surface area contributed by atoms with Crippen LogP contribution in [0.2, 0.25) is 0 Å². The van der Waals surface area contributed by atoms with Gasteiger partial charge in [0.2, 0.25) is 0 Å². The maximum Gasteiger partial charge on any atom is 0.338 e. The second-order valence-electron chi connectivity index (χ2n) is 11.5. The highest BCUT2D eigenvalue weighted by molar-refractivity contribution is 7.99. The fourth-order valence-electron chi connectivity index (χ4n) is 5.46. The van der Waals surface area contributed by atoms with Gasteiger partial charge in [-0.3, -0.25) is 0 Å². The number of ether oxygens (including phenoxy) is 6. The van der Waals surface area contributed by atoms with Crippen molar-refractivity contribution in [3.8, 4) is 5.75 Å². The Kier molecular flexibility index (Phi) is 12.1. The van der Waals surface area contributed by atoms with Crippen LogP contribution in [0.4, 0.5) is 0 Å². The molecule has 5 aromatic carbocycles. The van der Waals surface area contributed by atoms with E-state index in [-0.39, 0.29) is 18.8 Å². The second-order valence-corrected chi connectivity index (χ2v) is 12.7. The molecule has 9 nitrogen and oxygen atoms in total. The van der Waals surface area contributed by atoms with Gasteiger partial charge in [0.05, 0.1) is 30.4 Å². The van der Waals surface area contributed by atoms with Crippen molar-refractivity contribution in [2.24, 2.45) is 0 Å². The van der Waals surface area contributed by atoms with E-state index in [1.54, 1.807) is 98.1 Å². The first-order valence-corrected chi connectivity index (χ1v) is 17.2. The van der Waals surface area contributed by atoms with Gasteiger partial charge < -0.3 is 28.4 Å². The van der Waals surface area contributed by atoms with Crippen molar-refractivity contribution in [2.45, 2.75) is 41.4 Å². The average Bonchev–Trinajstić information content (AvgIpc) is 3.19.